The normalized spacial score (nSPS) is 38.9. The molecule has 2 aliphatic rings. The van der Waals surface area contributed by atoms with Crippen molar-refractivity contribution in [3.05, 3.63) is 18.1 Å². The first-order valence-electron chi connectivity index (χ1n) is 8.61. The molecular weight excluding hydrogens is 378 g/mol. The highest BCUT2D eigenvalue weighted by molar-refractivity contribution is 5.69. The van der Waals surface area contributed by atoms with Crippen LogP contribution < -0.4 is 5.49 Å². The van der Waals surface area contributed by atoms with Crippen LogP contribution in [0.4, 0.5) is 0 Å². The van der Waals surface area contributed by atoms with Crippen molar-refractivity contribution >= 4 is 11.2 Å². The number of hydrogen-bond donors (Lipinski definition) is 7. The molecule has 0 saturated carbocycles. The van der Waals surface area contributed by atoms with E-state index in [2.05, 4.69) is 9.97 Å². The van der Waals surface area contributed by atoms with Gasteiger partial charge in [0.05, 0.1) is 19.5 Å². The second-order valence-electron chi connectivity index (χ2n) is 6.83. The van der Waals surface area contributed by atoms with E-state index < -0.39 is 55.7 Å². The lowest BCUT2D eigenvalue weighted by molar-refractivity contribution is -0.210. The average molecular weight is 399 g/mol. The van der Waals surface area contributed by atoms with Gasteiger partial charge in [0.1, 0.15) is 48.6 Å². The zero-order chi connectivity index (χ0) is 20.2. The number of nitrogens with zero attached hydrogens (tertiary/aromatic N) is 4. The first-order valence-corrected chi connectivity index (χ1v) is 8.61. The fourth-order valence-corrected chi connectivity index (χ4v) is 3.53. The van der Waals surface area contributed by atoms with Crippen molar-refractivity contribution in [3.63, 3.8) is 0 Å². The van der Waals surface area contributed by atoms with Crippen LogP contribution in [0.1, 0.15) is 12.5 Å². The minimum atomic E-state index is -1.51. The predicted octanol–water partition coefficient (Wildman–Crippen LogP) is -4.06. The Morgan fingerprint density at radius 2 is 1.61 bits per heavy atom. The van der Waals surface area contributed by atoms with E-state index in [1.165, 1.54) is 21.8 Å². The molecule has 4 rings (SSSR count). The Kier molecular flexibility index (Phi) is 4.93. The summed E-state index contributed by atoms with van der Waals surface area (Å²) in [4.78, 5) is 7.99. The molecule has 2 fully saturated rings. The van der Waals surface area contributed by atoms with E-state index in [9.17, 15) is 30.6 Å². The summed E-state index contributed by atoms with van der Waals surface area (Å²) < 4.78 is 13.6. The van der Waals surface area contributed by atoms with Crippen LogP contribution in [0.15, 0.2) is 12.7 Å². The maximum absolute atomic E-state index is 10.3. The summed E-state index contributed by atoms with van der Waals surface area (Å²) in [5.74, 6) is 0. The largest absolute Gasteiger partial charge is 0.394 e. The monoisotopic (exact) mass is 399 g/mol. The Morgan fingerprint density at radius 1 is 0.964 bits per heavy atom. The third kappa shape index (κ3) is 2.84. The van der Waals surface area contributed by atoms with Gasteiger partial charge in [-0.15, -0.1) is 0 Å². The minimum Gasteiger partial charge on any atom is -0.394 e. The molecular formula is C15H21N5O8. The van der Waals surface area contributed by atoms with E-state index in [0.29, 0.717) is 0 Å². The van der Waals surface area contributed by atoms with E-state index >= 15 is 0 Å². The first-order chi connectivity index (χ1) is 13.3. The van der Waals surface area contributed by atoms with E-state index in [1.807, 2.05) is 0 Å². The molecule has 0 aliphatic carbocycles. The van der Waals surface area contributed by atoms with Gasteiger partial charge in [-0.2, -0.15) is 0 Å². The van der Waals surface area contributed by atoms with Gasteiger partial charge in [-0.25, -0.2) is 9.97 Å². The summed E-state index contributed by atoms with van der Waals surface area (Å²) in [6, 6.07) is 0. The molecule has 0 radical (unpaired) electrons. The summed E-state index contributed by atoms with van der Waals surface area (Å²) in [5.41, 5.74) is 0.0711. The zero-order valence-electron chi connectivity index (χ0n) is 14.5. The lowest BCUT2D eigenvalue weighted by atomic mass is 10.0. The van der Waals surface area contributed by atoms with E-state index in [1.54, 1.807) is 0 Å². The van der Waals surface area contributed by atoms with Gasteiger partial charge in [0.25, 0.3) is 0 Å². The minimum absolute atomic E-state index is 0.0941. The van der Waals surface area contributed by atoms with E-state index in [4.69, 9.17) is 14.9 Å². The highest BCUT2D eigenvalue weighted by Crippen LogP contribution is 2.33. The maximum Gasteiger partial charge on any atom is 0.176 e. The molecule has 0 aromatic carbocycles. The van der Waals surface area contributed by atoms with Crippen LogP contribution in [0.5, 0.6) is 0 Å². The summed E-state index contributed by atoms with van der Waals surface area (Å²) in [6.45, 7) is -0.761. The van der Waals surface area contributed by atoms with Crippen LogP contribution in [0.3, 0.4) is 0 Å². The van der Waals surface area contributed by atoms with Crippen LogP contribution in [0.2, 0.25) is 0 Å². The molecule has 13 heteroatoms. The van der Waals surface area contributed by atoms with E-state index in [-0.39, 0.29) is 23.3 Å². The molecule has 2 aliphatic heterocycles. The van der Waals surface area contributed by atoms with E-state index in [0.717, 1.165) is 0 Å². The Morgan fingerprint density at radius 3 is 2.29 bits per heavy atom. The van der Waals surface area contributed by atoms with Crippen LogP contribution in [-0.4, -0.2) is 99.6 Å². The maximum atomic E-state index is 10.3. The van der Waals surface area contributed by atoms with Gasteiger partial charge in [-0.3, -0.25) is 14.5 Å². The number of rotatable bonds is 3. The molecule has 0 unspecified atom stereocenters. The Labute approximate surface area is 157 Å². The van der Waals surface area contributed by atoms with Gasteiger partial charge >= 0.3 is 0 Å². The Hall–Kier alpha value is -1.97. The van der Waals surface area contributed by atoms with Gasteiger partial charge in [0, 0.05) is 0 Å². The molecule has 0 bridgehead atoms. The van der Waals surface area contributed by atoms with Gasteiger partial charge in [0.15, 0.2) is 23.5 Å². The third-order valence-corrected chi connectivity index (χ3v) is 5.09. The number of aliphatic hydroxyl groups excluding tert-OH is 6. The highest BCUT2D eigenvalue weighted by atomic mass is 16.6. The second kappa shape index (κ2) is 7.13. The summed E-state index contributed by atoms with van der Waals surface area (Å²) in [7, 11) is 0. The molecule has 0 spiro atoms. The number of hydrogen-bond acceptors (Lipinski definition) is 11. The second-order valence-corrected chi connectivity index (χ2v) is 6.83. The third-order valence-electron chi connectivity index (χ3n) is 5.09. The number of nitrogens with one attached hydrogen (secondary N) is 1. The standard InChI is InChI=1S/C15H21N5O8/c16-12-7-13(19(4-18-12)14-10(25)8(23)5(22)2-27-14)20(3-17-7)15-11(26)9(24)6(1-21)28-15/h3-6,8-11,14-16,21-26H,1-2H2/t5-,6+,8-,9+,10-,11+,14-,15+/m0/s1. The molecule has 2 aromatic rings. The first kappa shape index (κ1) is 19.4. The lowest BCUT2D eigenvalue weighted by Gasteiger charge is -2.36. The number of aliphatic hydroxyl groups is 6. The fourth-order valence-electron chi connectivity index (χ4n) is 3.53. The molecule has 2 saturated heterocycles. The fraction of sp³-hybridized carbons (Fsp3) is 0.667. The van der Waals surface area contributed by atoms with Gasteiger partial charge < -0.3 is 40.1 Å². The SMILES string of the molecule is N=c1ncn([C@H]2OC[C@H](O)[C@H](O)[C@@H]2O)c2c1ncn2[C@@H]1O[C@H](CO)[C@@H](O)[C@H]1O. The summed E-state index contributed by atoms with van der Waals surface area (Å²) in [5, 5.41) is 67.6. The summed E-state index contributed by atoms with van der Waals surface area (Å²) >= 11 is 0. The summed E-state index contributed by atoms with van der Waals surface area (Å²) in [6.07, 6.45) is -7.84. The Bertz CT molecular complexity index is 917. The molecule has 0 amide bonds. The quantitative estimate of drug-likeness (QED) is 0.266. The number of imidazole rings is 1. The molecule has 7 N–H and O–H groups in total. The zero-order valence-corrected chi connectivity index (χ0v) is 14.5. The number of ether oxygens (including phenoxy) is 2. The molecule has 4 heterocycles. The van der Waals surface area contributed by atoms with Crippen LogP contribution in [-0.2, 0) is 9.47 Å². The van der Waals surface area contributed by atoms with Crippen molar-refractivity contribution in [2.75, 3.05) is 13.2 Å². The molecule has 8 atom stereocenters. The highest BCUT2D eigenvalue weighted by Gasteiger charge is 2.45. The number of aromatic nitrogens is 4. The average Bonchev–Trinajstić information content (AvgIpc) is 3.24. The van der Waals surface area contributed by atoms with Crippen molar-refractivity contribution in [3.8, 4) is 0 Å². The smallest absolute Gasteiger partial charge is 0.176 e. The Balaban J connectivity index is 1.82. The van der Waals surface area contributed by atoms with Gasteiger partial charge in [0.2, 0.25) is 0 Å². The molecule has 154 valence electrons. The van der Waals surface area contributed by atoms with Crippen LogP contribution in [0.25, 0.3) is 11.2 Å². The number of fused-ring (bicyclic) bond motifs is 1. The van der Waals surface area contributed by atoms with Gasteiger partial charge in [-0.05, 0) is 0 Å². The van der Waals surface area contributed by atoms with Crippen LogP contribution in [0, 0.1) is 5.41 Å². The molecule has 2 aromatic heterocycles. The lowest BCUT2D eigenvalue weighted by Crippen LogP contribution is -2.51. The van der Waals surface area contributed by atoms with Crippen LogP contribution >= 0.6 is 0 Å². The molecule has 13 nitrogen and oxygen atoms in total. The van der Waals surface area contributed by atoms with Crippen molar-refractivity contribution in [2.24, 2.45) is 0 Å². The van der Waals surface area contributed by atoms with Crippen molar-refractivity contribution in [1.29, 1.82) is 5.41 Å². The topological polar surface area (TPSA) is 199 Å². The van der Waals surface area contributed by atoms with Crippen molar-refractivity contribution in [1.82, 2.24) is 19.1 Å². The molecule has 28 heavy (non-hydrogen) atoms. The van der Waals surface area contributed by atoms with Gasteiger partial charge in [-0.1, -0.05) is 0 Å². The van der Waals surface area contributed by atoms with Crippen molar-refractivity contribution in [2.45, 2.75) is 49.1 Å². The predicted molar refractivity (Wildman–Crippen MR) is 87.4 cm³/mol. The van der Waals surface area contributed by atoms with Crippen molar-refractivity contribution < 1.29 is 40.1 Å².